The van der Waals surface area contributed by atoms with Gasteiger partial charge in [0.05, 0.1) is 5.69 Å². The molecule has 2 aromatic carbocycles. The van der Waals surface area contributed by atoms with Crippen molar-refractivity contribution in [3.63, 3.8) is 0 Å². The molecule has 3 aromatic heterocycles. The fourth-order valence-electron chi connectivity index (χ4n) is 4.05. The summed E-state index contributed by atoms with van der Waals surface area (Å²) in [6.45, 7) is 0. The lowest BCUT2D eigenvalue weighted by atomic mass is 9.92. The molecule has 0 fully saturated rings. The van der Waals surface area contributed by atoms with Crippen LogP contribution in [-0.4, -0.2) is 15.0 Å². The number of hydrogen-bond donors (Lipinski definition) is 1. The summed E-state index contributed by atoms with van der Waals surface area (Å²) >= 11 is 0. The topological polar surface area (TPSA) is 64.7 Å². The Morgan fingerprint density at radius 3 is 2.19 bits per heavy atom. The number of aryl methyl sites for hydroxylation is 2. The lowest BCUT2D eigenvalue weighted by Gasteiger charge is -2.17. The van der Waals surface area contributed by atoms with Crippen molar-refractivity contribution >= 4 is 16.6 Å². The zero-order valence-corrected chi connectivity index (χ0v) is 17.1. The Bertz CT molecular complexity index is 1330. The van der Waals surface area contributed by atoms with Crippen LogP contribution < -0.4 is 5.73 Å². The van der Waals surface area contributed by atoms with E-state index in [9.17, 15) is 0 Å². The second kappa shape index (κ2) is 8.36. The van der Waals surface area contributed by atoms with Crippen LogP contribution in [0.25, 0.3) is 33.2 Å². The Morgan fingerprint density at radius 1 is 0.677 bits per heavy atom. The number of aromatic nitrogens is 3. The lowest BCUT2D eigenvalue weighted by molar-refractivity contribution is 0.956. The minimum absolute atomic E-state index is 0.482. The SMILES string of the molecule is Nc1nc(-c2cnccc2CCc2ccccc2)c(-c2ccccc2)c2ccncc12. The predicted octanol–water partition coefficient (Wildman–Crippen LogP) is 5.73. The van der Waals surface area contributed by atoms with Gasteiger partial charge < -0.3 is 5.73 Å². The van der Waals surface area contributed by atoms with Gasteiger partial charge in [0.15, 0.2) is 0 Å². The monoisotopic (exact) mass is 402 g/mol. The molecule has 2 N–H and O–H groups in total. The molecular formula is C27H22N4. The molecule has 0 aliphatic heterocycles. The number of rotatable bonds is 5. The van der Waals surface area contributed by atoms with E-state index in [-0.39, 0.29) is 0 Å². The molecule has 5 aromatic rings. The summed E-state index contributed by atoms with van der Waals surface area (Å²) in [5, 5.41) is 1.90. The predicted molar refractivity (Wildman–Crippen MR) is 126 cm³/mol. The smallest absolute Gasteiger partial charge is 0.133 e. The highest BCUT2D eigenvalue weighted by Crippen LogP contribution is 2.39. The number of pyridine rings is 3. The number of nitrogen functional groups attached to an aromatic ring is 1. The van der Waals surface area contributed by atoms with Gasteiger partial charge in [-0.25, -0.2) is 4.98 Å². The van der Waals surface area contributed by atoms with Crippen molar-refractivity contribution in [2.24, 2.45) is 0 Å². The highest BCUT2D eigenvalue weighted by molar-refractivity contribution is 6.06. The van der Waals surface area contributed by atoms with Crippen LogP contribution in [0.2, 0.25) is 0 Å². The first kappa shape index (κ1) is 18.9. The average molecular weight is 403 g/mol. The molecule has 0 unspecified atom stereocenters. The van der Waals surface area contributed by atoms with E-state index in [0.717, 1.165) is 46.0 Å². The van der Waals surface area contributed by atoms with Crippen molar-refractivity contribution in [2.75, 3.05) is 5.73 Å². The minimum atomic E-state index is 0.482. The van der Waals surface area contributed by atoms with Gasteiger partial charge in [0.1, 0.15) is 5.82 Å². The minimum Gasteiger partial charge on any atom is -0.383 e. The summed E-state index contributed by atoms with van der Waals surface area (Å²) in [6, 6.07) is 25.0. The summed E-state index contributed by atoms with van der Waals surface area (Å²) in [5.74, 6) is 0.482. The molecule has 0 saturated carbocycles. The summed E-state index contributed by atoms with van der Waals surface area (Å²) < 4.78 is 0. The van der Waals surface area contributed by atoms with Gasteiger partial charge in [-0.2, -0.15) is 0 Å². The van der Waals surface area contributed by atoms with E-state index >= 15 is 0 Å². The molecular weight excluding hydrogens is 380 g/mol. The summed E-state index contributed by atoms with van der Waals surface area (Å²) in [4.78, 5) is 13.5. The number of nitrogens with zero attached hydrogens (tertiary/aromatic N) is 3. The second-order valence-corrected chi connectivity index (χ2v) is 7.53. The molecule has 3 heterocycles. The number of hydrogen-bond acceptors (Lipinski definition) is 4. The van der Waals surface area contributed by atoms with Gasteiger partial charge in [-0.05, 0) is 47.1 Å². The molecule has 5 rings (SSSR count). The van der Waals surface area contributed by atoms with Crippen LogP contribution in [-0.2, 0) is 12.8 Å². The number of benzene rings is 2. The third-order valence-electron chi connectivity index (χ3n) is 5.59. The quantitative estimate of drug-likeness (QED) is 0.408. The standard InChI is InChI=1S/C27H22N4/c28-27-24-18-30-16-14-22(24)25(21-9-5-2-6-10-21)26(31-27)23-17-29-15-13-20(23)12-11-19-7-3-1-4-8-19/h1-10,13-18H,11-12H2,(H2,28,31). The molecule has 0 aliphatic rings. The van der Waals surface area contributed by atoms with Crippen LogP contribution in [0.4, 0.5) is 5.82 Å². The second-order valence-electron chi connectivity index (χ2n) is 7.53. The first-order valence-electron chi connectivity index (χ1n) is 10.4. The summed E-state index contributed by atoms with van der Waals surface area (Å²) in [5.41, 5.74) is 12.9. The van der Waals surface area contributed by atoms with Crippen molar-refractivity contribution in [1.29, 1.82) is 0 Å². The lowest BCUT2D eigenvalue weighted by Crippen LogP contribution is -2.02. The number of fused-ring (bicyclic) bond motifs is 1. The first-order chi connectivity index (χ1) is 15.3. The molecule has 31 heavy (non-hydrogen) atoms. The van der Waals surface area contributed by atoms with Crippen molar-refractivity contribution in [1.82, 2.24) is 15.0 Å². The van der Waals surface area contributed by atoms with Crippen molar-refractivity contribution in [3.8, 4) is 22.4 Å². The summed E-state index contributed by atoms with van der Waals surface area (Å²) in [6.07, 6.45) is 9.18. The van der Waals surface area contributed by atoms with Gasteiger partial charge >= 0.3 is 0 Å². The Balaban J connectivity index is 1.69. The number of nitrogens with two attached hydrogens (primary N) is 1. The van der Waals surface area contributed by atoms with Crippen molar-refractivity contribution < 1.29 is 0 Å². The van der Waals surface area contributed by atoms with Crippen LogP contribution >= 0.6 is 0 Å². The van der Waals surface area contributed by atoms with Crippen molar-refractivity contribution in [3.05, 3.63) is 109 Å². The van der Waals surface area contributed by atoms with Crippen LogP contribution in [0.3, 0.4) is 0 Å². The highest BCUT2D eigenvalue weighted by atomic mass is 14.9. The highest BCUT2D eigenvalue weighted by Gasteiger charge is 2.18. The molecule has 0 amide bonds. The van der Waals surface area contributed by atoms with E-state index in [1.807, 2.05) is 42.7 Å². The van der Waals surface area contributed by atoms with Gasteiger partial charge in [0.25, 0.3) is 0 Å². The fraction of sp³-hybridized carbons (Fsp3) is 0.0741. The molecule has 0 aliphatic carbocycles. The van der Waals surface area contributed by atoms with Gasteiger partial charge in [0, 0.05) is 41.3 Å². The Labute approximate surface area is 181 Å². The zero-order chi connectivity index (χ0) is 21.0. The Morgan fingerprint density at radius 2 is 1.39 bits per heavy atom. The molecule has 150 valence electrons. The van der Waals surface area contributed by atoms with E-state index in [2.05, 4.69) is 52.4 Å². The van der Waals surface area contributed by atoms with E-state index in [0.29, 0.717) is 5.82 Å². The maximum absolute atomic E-state index is 6.38. The van der Waals surface area contributed by atoms with Gasteiger partial charge in [-0.15, -0.1) is 0 Å². The maximum Gasteiger partial charge on any atom is 0.133 e. The number of anilines is 1. The zero-order valence-electron chi connectivity index (χ0n) is 17.1. The molecule has 4 nitrogen and oxygen atoms in total. The third kappa shape index (κ3) is 3.76. The molecule has 0 saturated heterocycles. The van der Waals surface area contributed by atoms with Gasteiger partial charge in [-0.1, -0.05) is 60.7 Å². The molecule has 0 radical (unpaired) electrons. The Hall–Kier alpha value is -4.05. The molecule has 0 atom stereocenters. The first-order valence-corrected chi connectivity index (χ1v) is 10.4. The molecule has 4 heteroatoms. The van der Waals surface area contributed by atoms with E-state index in [4.69, 9.17) is 10.7 Å². The third-order valence-corrected chi connectivity index (χ3v) is 5.59. The fourth-order valence-corrected chi connectivity index (χ4v) is 4.05. The van der Waals surface area contributed by atoms with Crippen LogP contribution in [0.1, 0.15) is 11.1 Å². The van der Waals surface area contributed by atoms with Crippen molar-refractivity contribution in [2.45, 2.75) is 12.8 Å². The van der Waals surface area contributed by atoms with Gasteiger partial charge in [0.2, 0.25) is 0 Å². The molecule has 0 bridgehead atoms. The summed E-state index contributed by atoms with van der Waals surface area (Å²) in [7, 11) is 0. The largest absolute Gasteiger partial charge is 0.383 e. The average Bonchev–Trinajstić information content (AvgIpc) is 2.84. The normalized spacial score (nSPS) is 11.0. The van der Waals surface area contributed by atoms with Crippen LogP contribution in [0.15, 0.2) is 97.6 Å². The van der Waals surface area contributed by atoms with Crippen LogP contribution in [0, 0.1) is 0 Å². The Kier molecular flexibility index (Phi) is 5.11. The van der Waals surface area contributed by atoms with Gasteiger partial charge in [-0.3, -0.25) is 9.97 Å². The van der Waals surface area contributed by atoms with E-state index in [1.165, 1.54) is 11.1 Å². The van der Waals surface area contributed by atoms with E-state index < -0.39 is 0 Å². The van der Waals surface area contributed by atoms with E-state index in [1.54, 1.807) is 12.4 Å². The molecule has 0 spiro atoms. The maximum atomic E-state index is 6.38. The van der Waals surface area contributed by atoms with Crippen LogP contribution in [0.5, 0.6) is 0 Å².